The van der Waals surface area contributed by atoms with Crippen molar-refractivity contribution in [1.29, 1.82) is 0 Å². The minimum absolute atomic E-state index is 0.506. The number of carbonyl (C=O) groups is 1. The van der Waals surface area contributed by atoms with E-state index in [1.165, 1.54) is 0 Å². The van der Waals surface area contributed by atoms with Gasteiger partial charge in [0.05, 0.1) is 6.21 Å². The van der Waals surface area contributed by atoms with E-state index >= 15 is 0 Å². The molecular weight excluding hydrogens is 433 g/mol. The van der Waals surface area contributed by atoms with E-state index in [1.807, 2.05) is 48.7 Å². The molecule has 0 spiro atoms. The normalized spacial score (nSPS) is 12.4. The van der Waals surface area contributed by atoms with E-state index in [0.29, 0.717) is 22.2 Å². The molecule has 156 valence electrons. The van der Waals surface area contributed by atoms with Gasteiger partial charge in [0.25, 0.3) is 5.91 Å². The predicted octanol–water partition coefficient (Wildman–Crippen LogP) is 5.18. The van der Waals surface area contributed by atoms with Crippen LogP contribution >= 0.6 is 23.2 Å². The summed E-state index contributed by atoms with van der Waals surface area (Å²) in [6.45, 7) is 0.559. The lowest BCUT2D eigenvalue weighted by Crippen LogP contribution is -2.25. The smallest absolute Gasteiger partial charge is 0.273 e. The first-order chi connectivity index (χ1) is 15.0. The fourth-order valence-electron chi connectivity index (χ4n) is 3.36. The van der Waals surface area contributed by atoms with E-state index in [-0.39, 0.29) is 0 Å². The predicted molar refractivity (Wildman–Crippen MR) is 125 cm³/mol. The molecule has 3 aromatic carbocycles. The Labute approximate surface area is 189 Å². The molecule has 0 saturated heterocycles. The van der Waals surface area contributed by atoms with Crippen LogP contribution in [0.2, 0.25) is 10.0 Å². The van der Waals surface area contributed by atoms with Gasteiger partial charge in [0.2, 0.25) is 0 Å². The Morgan fingerprint density at radius 1 is 1.06 bits per heavy atom. The number of carbonyl (C=O) groups excluding carboxylic acids is 1. The second-order valence-corrected chi connectivity index (χ2v) is 7.86. The number of aliphatic hydroxyl groups excluding tert-OH is 1. The first kappa shape index (κ1) is 21.1. The van der Waals surface area contributed by atoms with Crippen molar-refractivity contribution in [1.82, 2.24) is 9.99 Å². The molecule has 1 atom stereocenters. The summed E-state index contributed by atoms with van der Waals surface area (Å²) in [7, 11) is 0. The number of rotatable bonds is 6. The van der Waals surface area contributed by atoms with Gasteiger partial charge in [-0.1, -0.05) is 77.8 Å². The van der Waals surface area contributed by atoms with Gasteiger partial charge in [-0.2, -0.15) is 5.10 Å². The van der Waals surface area contributed by atoms with Crippen molar-refractivity contribution in [3.8, 4) is 0 Å². The number of fused-ring (bicyclic) bond motifs is 1. The number of halogens is 2. The van der Waals surface area contributed by atoms with E-state index in [9.17, 15) is 9.90 Å². The summed E-state index contributed by atoms with van der Waals surface area (Å²) in [5.74, 6) is -0.598. The minimum atomic E-state index is -1.29. The third-order valence-electron chi connectivity index (χ3n) is 4.92. The second kappa shape index (κ2) is 9.35. The van der Waals surface area contributed by atoms with E-state index < -0.39 is 12.0 Å². The number of aliphatic hydroxyl groups is 1. The monoisotopic (exact) mass is 451 g/mol. The van der Waals surface area contributed by atoms with Crippen LogP contribution in [0, 0.1) is 0 Å². The lowest BCUT2D eigenvalue weighted by molar-refractivity contribution is -0.129. The van der Waals surface area contributed by atoms with Gasteiger partial charge in [-0.3, -0.25) is 4.79 Å². The highest BCUT2D eigenvalue weighted by molar-refractivity contribution is 6.35. The molecule has 0 bridgehead atoms. The largest absolute Gasteiger partial charge is 0.378 e. The Kier molecular flexibility index (Phi) is 6.37. The SMILES string of the molecule is O=C(N/N=C\c1cn(Cc2ccc(Cl)cc2Cl)c2ccccc12)[C@@H](O)c1ccccc1. The molecule has 1 heterocycles. The Bertz CT molecular complexity index is 1250. The molecule has 0 unspecified atom stereocenters. The number of hydrazone groups is 1. The van der Waals surface area contributed by atoms with Crippen molar-refractivity contribution in [2.45, 2.75) is 12.6 Å². The molecule has 7 heteroatoms. The summed E-state index contributed by atoms with van der Waals surface area (Å²) in [4.78, 5) is 12.2. The highest BCUT2D eigenvalue weighted by Gasteiger charge is 2.16. The number of nitrogens with zero attached hydrogens (tertiary/aromatic N) is 2. The molecule has 0 aliphatic carbocycles. The highest BCUT2D eigenvalue weighted by Crippen LogP contribution is 2.25. The molecule has 5 nitrogen and oxygen atoms in total. The molecular formula is C24H19Cl2N3O2. The lowest BCUT2D eigenvalue weighted by atomic mass is 10.1. The fourth-order valence-corrected chi connectivity index (χ4v) is 3.82. The Balaban J connectivity index is 1.55. The van der Waals surface area contributed by atoms with Crippen LogP contribution in [0.25, 0.3) is 10.9 Å². The average molecular weight is 452 g/mol. The summed E-state index contributed by atoms with van der Waals surface area (Å²) < 4.78 is 2.06. The van der Waals surface area contributed by atoms with Gasteiger partial charge in [-0.25, -0.2) is 5.43 Å². The Morgan fingerprint density at radius 3 is 2.58 bits per heavy atom. The van der Waals surface area contributed by atoms with Crippen LogP contribution in [-0.4, -0.2) is 21.8 Å². The number of benzene rings is 3. The highest BCUT2D eigenvalue weighted by atomic mass is 35.5. The number of amides is 1. The molecule has 1 aromatic heterocycles. The van der Waals surface area contributed by atoms with Gasteiger partial charge in [0.1, 0.15) is 0 Å². The number of nitrogens with one attached hydrogen (secondary N) is 1. The van der Waals surface area contributed by atoms with Crippen LogP contribution in [0.5, 0.6) is 0 Å². The van der Waals surface area contributed by atoms with Crippen molar-refractivity contribution in [2.24, 2.45) is 5.10 Å². The van der Waals surface area contributed by atoms with Crippen LogP contribution < -0.4 is 5.43 Å². The minimum Gasteiger partial charge on any atom is -0.378 e. The van der Waals surface area contributed by atoms with Gasteiger partial charge < -0.3 is 9.67 Å². The number of para-hydroxylation sites is 1. The number of hydrogen-bond donors (Lipinski definition) is 2. The molecule has 0 aliphatic rings. The number of hydrogen-bond acceptors (Lipinski definition) is 3. The quantitative estimate of drug-likeness (QED) is 0.313. The van der Waals surface area contributed by atoms with Crippen LogP contribution in [0.3, 0.4) is 0 Å². The molecule has 0 saturated carbocycles. The zero-order valence-electron chi connectivity index (χ0n) is 16.4. The topological polar surface area (TPSA) is 66.6 Å². The Hall–Kier alpha value is -3.12. The van der Waals surface area contributed by atoms with Gasteiger partial charge in [-0.15, -0.1) is 0 Å². The van der Waals surface area contributed by atoms with Gasteiger partial charge in [-0.05, 0) is 29.3 Å². The molecule has 1 amide bonds. The number of aromatic nitrogens is 1. The van der Waals surface area contributed by atoms with Crippen LogP contribution in [-0.2, 0) is 11.3 Å². The summed E-state index contributed by atoms with van der Waals surface area (Å²) in [6, 6.07) is 22.0. The maximum absolute atomic E-state index is 12.2. The molecule has 4 aromatic rings. The van der Waals surface area contributed by atoms with Crippen molar-refractivity contribution >= 4 is 46.2 Å². The molecule has 4 rings (SSSR count). The maximum Gasteiger partial charge on any atom is 0.273 e. The summed E-state index contributed by atoms with van der Waals surface area (Å²) in [5.41, 5.74) is 5.68. The lowest BCUT2D eigenvalue weighted by Gasteiger charge is -2.08. The van der Waals surface area contributed by atoms with E-state index in [1.54, 1.807) is 36.5 Å². The molecule has 0 fully saturated rings. The third kappa shape index (κ3) is 4.80. The van der Waals surface area contributed by atoms with Crippen molar-refractivity contribution in [2.75, 3.05) is 0 Å². The standard InChI is InChI=1S/C24H19Cl2N3O2/c25-19-11-10-17(21(26)12-19)14-29-15-18(20-8-4-5-9-22(20)29)13-27-28-24(31)23(30)16-6-2-1-3-7-16/h1-13,15,23,30H,14H2,(H,28,31)/b27-13-/t23-/m0/s1. The third-order valence-corrected chi connectivity index (χ3v) is 5.50. The van der Waals surface area contributed by atoms with E-state index in [0.717, 1.165) is 22.0 Å². The summed E-state index contributed by atoms with van der Waals surface area (Å²) >= 11 is 12.3. The first-order valence-electron chi connectivity index (χ1n) is 9.60. The fraction of sp³-hybridized carbons (Fsp3) is 0.0833. The second-order valence-electron chi connectivity index (χ2n) is 7.01. The first-order valence-corrected chi connectivity index (χ1v) is 10.4. The van der Waals surface area contributed by atoms with E-state index in [4.69, 9.17) is 23.2 Å². The molecule has 0 aliphatic heterocycles. The molecule has 0 radical (unpaired) electrons. The van der Waals surface area contributed by atoms with Crippen LogP contribution in [0.15, 0.2) is 84.1 Å². The van der Waals surface area contributed by atoms with E-state index in [2.05, 4.69) is 15.1 Å². The van der Waals surface area contributed by atoms with Crippen molar-refractivity contribution in [3.05, 3.63) is 106 Å². The average Bonchev–Trinajstić information content (AvgIpc) is 3.13. The van der Waals surface area contributed by atoms with Crippen molar-refractivity contribution < 1.29 is 9.90 Å². The zero-order valence-corrected chi connectivity index (χ0v) is 17.9. The maximum atomic E-state index is 12.2. The molecule has 31 heavy (non-hydrogen) atoms. The van der Waals surface area contributed by atoms with Crippen LogP contribution in [0.1, 0.15) is 22.8 Å². The Morgan fingerprint density at radius 2 is 1.81 bits per heavy atom. The van der Waals surface area contributed by atoms with Gasteiger partial charge in [0.15, 0.2) is 6.10 Å². The summed E-state index contributed by atoms with van der Waals surface area (Å²) in [6.07, 6.45) is 2.23. The van der Waals surface area contributed by atoms with Gasteiger partial charge in [0, 0.05) is 39.3 Å². The zero-order chi connectivity index (χ0) is 21.8. The van der Waals surface area contributed by atoms with Crippen LogP contribution in [0.4, 0.5) is 0 Å². The summed E-state index contributed by atoms with van der Waals surface area (Å²) in [5, 5.41) is 16.4. The molecule has 2 N–H and O–H groups in total. The van der Waals surface area contributed by atoms with Gasteiger partial charge >= 0.3 is 0 Å². The van der Waals surface area contributed by atoms with Crippen molar-refractivity contribution in [3.63, 3.8) is 0 Å².